The summed E-state index contributed by atoms with van der Waals surface area (Å²) in [5, 5.41) is 0. The van der Waals surface area contributed by atoms with Crippen molar-refractivity contribution in [3.8, 4) is 0 Å². The third-order valence-corrected chi connectivity index (χ3v) is 4.01. The lowest BCUT2D eigenvalue weighted by molar-refractivity contribution is 0.160. The van der Waals surface area contributed by atoms with Gasteiger partial charge in [-0.25, -0.2) is 0 Å². The first-order chi connectivity index (χ1) is 7.25. The molecule has 0 aromatic heterocycles. The summed E-state index contributed by atoms with van der Waals surface area (Å²) in [5.74, 6) is 0. The van der Waals surface area contributed by atoms with Crippen molar-refractivity contribution in [2.45, 2.75) is 44.2 Å². The maximum atomic E-state index is 5.91. The van der Waals surface area contributed by atoms with Crippen LogP contribution in [0.1, 0.15) is 32.1 Å². The number of hydrogen-bond acceptors (Lipinski definition) is 3. The molecule has 0 aromatic rings. The molecule has 0 spiro atoms. The first-order valence-corrected chi connectivity index (χ1v) is 6.44. The van der Waals surface area contributed by atoms with Crippen LogP contribution in [0.15, 0.2) is 0 Å². The van der Waals surface area contributed by atoms with Gasteiger partial charge in [0.25, 0.3) is 0 Å². The largest absolute Gasteiger partial charge is 0.326 e. The first-order valence-electron chi connectivity index (χ1n) is 6.44. The molecule has 1 unspecified atom stereocenters. The molecule has 2 rings (SSSR count). The molecule has 0 bridgehead atoms. The Morgan fingerprint density at radius 2 is 2.07 bits per heavy atom. The van der Waals surface area contributed by atoms with Gasteiger partial charge < -0.3 is 15.5 Å². The molecule has 2 aliphatic heterocycles. The lowest BCUT2D eigenvalue weighted by Crippen LogP contribution is -2.39. The fraction of sp³-hybridized carbons (Fsp3) is 1.00. The van der Waals surface area contributed by atoms with Crippen LogP contribution in [-0.2, 0) is 0 Å². The fourth-order valence-electron chi connectivity index (χ4n) is 2.91. The Balaban J connectivity index is 1.68. The third kappa shape index (κ3) is 3.16. The molecule has 3 nitrogen and oxygen atoms in total. The quantitative estimate of drug-likeness (QED) is 0.752. The maximum Gasteiger partial charge on any atom is 0.0180 e. The Bertz CT molecular complexity index is 195. The molecule has 0 aliphatic carbocycles. The van der Waals surface area contributed by atoms with Gasteiger partial charge in [-0.2, -0.15) is 0 Å². The zero-order valence-electron chi connectivity index (χ0n) is 9.99. The van der Waals surface area contributed by atoms with Crippen molar-refractivity contribution in [2.24, 2.45) is 5.73 Å². The molecular formula is C12H25N3. The van der Waals surface area contributed by atoms with E-state index in [2.05, 4.69) is 16.8 Å². The predicted octanol–water partition coefficient (Wildman–Crippen LogP) is 0.894. The van der Waals surface area contributed by atoms with Crippen molar-refractivity contribution >= 4 is 0 Å². The zero-order valence-corrected chi connectivity index (χ0v) is 9.99. The van der Waals surface area contributed by atoms with Crippen LogP contribution >= 0.6 is 0 Å². The van der Waals surface area contributed by atoms with Gasteiger partial charge >= 0.3 is 0 Å². The predicted molar refractivity (Wildman–Crippen MR) is 63.9 cm³/mol. The van der Waals surface area contributed by atoms with Gasteiger partial charge in [-0.05, 0) is 52.4 Å². The van der Waals surface area contributed by atoms with Gasteiger partial charge in [0.2, 0.25) is 0 Å². The highest BCUT2D eigenvalue weighted by atomic mass is 15.2. The molecule has 2 N–H and O–H groups in total. The minimum atomic E-state index is 0.439. The van der Waals surface area contributed by atoms with E-state index in [1.165, 1.54) is 51.7 Å². The number of piperidine rings is 1. The summed E-state index contributed by atoms with van der Waals surface area (Å²) >= 11 is 0. The van der Waals surface area contributed by atoms with E-state index in [9.17, 15) is 0 Å². The summed E-state index contributed by atoms with van der Waals surface area (Å²) < 4.78 is 0. The molecule has 2 atom stereocenters. The van der Waals surface area contributed by atoms with E-state index in [1.54, 1.807) is 0 Å². The average molecular weight is 211 g/mol. The lowest BCUT2D eigenvalue weighted by Gasteiger charge is -2.33. The van der Waals surface area contributed by atoms with E-state index in [0.717, 1.165) is 12.6 Å². The summed E-state index contributed by atoms with van der Waals surface area (Å²) in [4.78, 5) is 5.08. The van der Waals surface area contributed by atoms with Crippen LogP contribution < -0.4 is 5.73 Å². The second kappa shape index (κ2) is 5.28. The highest BCUT2D eigenvalue weighted by Crippen LogP contribution is 2.19. The first kappa shape index (κ1) is 11.4. The maximum absolute atomic E-state index is 5.91. The number of likely N-dealkylation sites (tertiary alicyclic amines) is 2. The van der Waals surface area contributed by atoms with Gasteiger partial charge in [-0.3, -0.25) is 0 Å². The van der Waals surface area contributed by atoms with E-state index < -0.39 is 0 Å². The molecule has 3 heteroatoms. The molecular weight excluding hydrogens is 186 g/mol. The molecule has 0 radical (unpaired) electrons. The van der Waals surface area contributed by atoms with Gasteiger partial charge in [0.05, 0.1) is 0 Å². The van der Waals surface area contributed by atoms with Crippen LogP contribution in [0.4, 0.5) is 0 Å². The zero-order chi connectivity index (χ0) is 10.7. The molecule has 2 aliphatic rings. The minimum absolute atomic E-state index is 0.439. The number of nitrogens with two attached hydrogens (primary N) is 1. The summed E-state index contributed by atoms with van der Waals surface area (Å²) in [6, 6.07) is 1.27. The summed E-state index contributed by atoms with van der Waals surface area (Å²) in [5.41, 5.74) is 5.91. The topological polar surface area (TPSA) is 32.5 Å². The molecule has 2 heterocycles. The SMILES string of the molecule is CN1CCCCC1CCN1CC[C@@H](N)C1. The Labute approximate surface area is 93.6 Å². The average Bonchev–Trinajstić information content (AvgIpc) is 2.63. The highest BCUT2D eigenvalue weighted by Gasteiger charge is 2.22. The van der Waals surface area contributed by atoms with Crippen LogP contribution in [0, 0.1) is 0 Å². The van der Waals surface area contributed by atoms with Crippen LogP contribution in [0.2, 0.25) is 0 Å². The highest BCUT2D eigenvalue weighted by molar-refractivity contribution is 4.80. The molecule has 2 saturated heterocycles. The standard InChI is InChI=1S/C12H25N3/c1-14-7-3-2-4-12(14)6-9-15-8-5-11(13)10-15/h11-12H,2-10,13H2,1H3/t11-,12?/m1/s1. The van der Waals surface area contributed by atoms with E-state index >= 15 is 0 Å². The van der Waals surface area contributed by atoms with Crippen molar-refractivity contribution in [1.29, 1.82) is 0 Å². The molecule has 15 heavy (non-hydrogen) atoms. The molecule has 88 valence electrons. The Kier molecular flexibility index (Phi) is 4.00. The van der Waals surface area contributed by atoms with Crippen LogP contribution in [0.25, 0.3) is 0 Å². The van der Waals surface area contributed by atoms with E-state index in [4.69, 9.17) is 5.73 Å². The van der Waals surface area contributed by atoms with Crippen molar-refractivity contribution in [1.82, 2.24) is 9.80 Å². The van der Waals surface area contributed by atoms with Gasteiger partial charge in [0, 0.05) is 18.6 Å². The monoisotopic (exact) mass is 211 g/mol. The fourth-order valence-corrected chi connectivity index (χ4v) is 2.91. The number of rotatable bonds is 3. The third-order valence-electron chi connectivity index (χ3n) is 4.01. The van der Waals surface area contributed by atoms with Gasteiger partial charge in [0.15, 0.2) is 0 Å². The molecule has 2 fully saturated rings. The molecule has 0 amide bonds. The van der Waals surface area contributed by atoms with Crippen molar-refractivity contribution in [3.05, 3.63) is 0 Å². The lowest BCUT2D eigenvalue weighted by atomic mass is 10.00. The van der Waals surface area contributed by atoms with Gasteiger partial charge in [-0.15, -0.1) is 0 Å². The smallest absolute Gasteiger partial charge is 0.0180 e. The van der Waals surface area contributed by atoms with Crippen molar-refractivity contribution in [3.63, 3.8) is 0 Å². The summed E-state index contributed by atoms with van der Waals surface area (Å²) in [6.07, 6.45) is 6.75. The van der Waals surface area contributed by atoms with Gasteiger partial charge in [-0.1, -0.05) is 6.42 Å². The van der Waals surface area contributed by atoms with Crippen LogP contribution in [0.5, 0.6) is 0 Å². The summed E-state index contributed by atoms with van der Waals surface area (Å²) in [6.45, 7) is 4.89. The van der Waals surface area contributed by atoms with Crippen molar-refractivity contribution in [2.75, 3.05) is 33.2 Å². The molecule has 0 aromatic carbocycles. The number of nitrogens with zero attached hydrogens (tertiary/aromatic N) is 2. The van der Waals surface area contributed by atoms with Crippen LogP contribution in [-0.4, -0.2) is 55.1 Å². The van der Waals surface area contributed by atoms with Crippen molar-refractivity contribution < 1.29 is 0 Å². The van der Waals surface area contributed by atoms with Crippen LogP contribution in [0.3, 0.4) is 0 Å². The van der Waals surface area contributed by atoms with E-state index in [0.29, 0.717) is 6.04 Å². The Hall–Kier alpha value is -0.120. The minimum Gasteiger partial charge on any atom is -0.326 e. The van der Waals surface area contributed by atoms with Gasteiger partial charge in [0.1, 0.15) is 0 Å². The number of hydrogen-bond donors (Lipinski definition) is 1. The Morgan fingerprint density at radius 1 is 1.20 bits per heavy atom. The molecule has 0 saturated carbocycles. The Morgan fingerprint density at radius 3 is 2.73 bits per heavy atom. The second-order valence-corrected chi connectivity index (χ2v) is 5.27. The van der Waals surface area contributed by atoms with E-state index in [1.807, 2.05) is 0 Å². The second-order valence-electron chi connectivity index (χ2n) is 5.27. The summed E-state index contributed by atoms with van der Waals surface area (Å²) in [7, 11) is 2.28. The van der Waals surface area contributed by atoms with E-state index in [-0.39, 0.29) is 0 Å². The normalized spacial score (nSPS) is 34.8.